The number of nitrogens with zero attached hydrogens (tertiary/aromatic N) is 1. The van der Waals surface area contributed by atoms with Crippen molar-refractivity contribution < 1.29 is 9.53 Å². The summed E-state index contributed by atoms with van der Waals surface area (Å²) in [6.07, 6.45) is 1.31. The molecule has 0 saturated heterocycles. The molecule has 0 aliphatic carbocycles. The van der Waals surface area contributed by atoms with Gasteiger partial charge in [-0.05, 0) is 17.7 Å². The van der Waals surface area contributed by atoms with Crippen LogP contribution in [0.2, 0.25) is 0 Å². The van der Waals surface area contributed by atoms with Crippen LogP contribution in [0.25, 0.3) is 11.3 Å². The van der Waals surface area contributed by atoms with Gasteiger partial charge >= 0.3 is 0 Å². The fourth-order valence-corrected chi connectivity index (χ4v) is 3.40. The lowest BCUT2D eigenvalue weighted by atomic mass is 10.0. The van der Waals surface area contributed by atoms with Crippen molar-refractivity contribution in [2.24, 2.45) is 0 Å². The number of aromatic nitrogens is 2. The first kappa shape index (κ1) is 15.7. The Balaban J connectivity index is 1.76. The average Bonchev–Trinajstić information content (AvgIpc) is 3.12. The molecule has 3 aromatic rings. The molecule has 3 N–H and O–H groups in total. The van der Waals surface area contributed by atoms with E-state index >= 15 is 0 Å². The van der Waals surface area contributed by atoms with Gasteiger partial charge in [0.05, 0.1) is 30.3 Å². The molecule has 1 aliphatic heterocycles. The molecule has 1 atom stereocenters. The monoisotopic (exact) mass is 398 g/mol. The quantitative estimate of drug-likeness (QED) is 0.628. The molecule has 2 aromatic carbocycles. The number of aromatic amines is 1. The molecule has 25 heavy (non-hydrogen) atoms. The van der Waals surface area contributed by atoms with E-state index in [2.05, 4.69) is 36.8 Å². The Bertz CT molecular complexity index is 940. The molecular weight excluding hydrogens is 384 g/mol. The van der Waals surface area contributed by atoms with E-state index in [-0.39, 0.29) is 5.91 Å². The van der Waals surface area contributed by atoms with Gasteiger partial charge in [0.1, 0.15) is 11.9 Å². The van der Waals surface area contributed by atoms with Crippen LogP contribution in [0.15, 0.2) is 53.1 Å². The number of hydrogen-bond donors (Lipinski definition) is 3. The van der Waals surface area contributed by atoms with Gasteiger partial charge < -0.3 is 15.4 Å². The zero-order valence-corrected chi connectivity index (χ0v) is 14.9. The fourth-order valence-electron chi connectivity index (χ4n) is 2.97. The number of methoxy groups -OCH3 is 1. The second-order valence-corrected chi connectivity index (χ2v) is 6.56. The van der Waals surface area contributed by atoms with Crippen molar-refractivity contribution in [3.8, 4) is 17.0 Å². The first-order valence-electron chi connectivity index (χ1n) is 7.71. The van der Waals surface area contributed by atoms with E-state index in [1.807, 2.05) is 36.4 Å². The third-order valence-corrected chi connectivity index (χ3v) is 4.60. The number of benzene rings is 2. The zero-order chi connectivity index (χ0) is 17.4. The largest absolute Gasteiger partial charge is 0.495 e. The van der Waals surface area contributed by atoms with Gasteiger partial charge in [0.15, 0.2) is 0 Å². The molecule has 6 nitrogen and oxygen atoms in total. The molecule has 0 fully saturated rings. The number of halogens is 1. The maximum Gasteiger partial charge on any atom is 0.255 e. The SMILES string of the molecule is COc1cc(Br)cc2c1NC(c1cn[nH]c1-c1ccccc1)NC2=O. The van der Waals surface area contributed by atoms with Crippen LogP contribution in [-0.4, -0.2) is 23.2 Å². The normalized spacial score (nSPS) is 15.9. The maximum atomic E-state index is 12.6. The van der Waals surface area contributed by atoms with E-state index in [9.17, 15) is 4.79 Å². The second-order valence-electron chi connectivity index (χ2n) is 5.65. The average molecular weight is 399 g/mol. The van der Waals surface area contributed by atoms with Gasteiger partial charge in [-0.1, -0.05) is 46.3 Å². The van der Waals surface area contributed by atoms with Crippen LogP contribution >= 0.6 is 15.9 Å². The summed E-state index contributed by atoms with van der Waals surface area (Å²) in [5.74, 6) is 0.438. The molecule has 1 aromatic heterocycles. The minimum absolute atomic E-state index is 0.168. The fraction of sp³-hybridized carbons (Fsp3) is 0.111. The summed E-state index contributed by atoms with van der Waals surface area (Å²) in [7, 11) is 1.58. The number of anilines is 1. The number of carbonyl (C=O) groups excluding carboxylic acids is 1. The van der Waals surface area contributed by atoms with E-state index < -0.39 is 6.17 Å². The summed E-state index contributed by atoms with van der Waals surface area (Å²) in [6.45, 7) is 0. The highest BCUT2D eigenvalue weighted by Gasteiger charge is 2.30. The molecule has 0 radical (unpaired) electrons. The molecule has 0 bridgehead atoms. The Morgan fingerprint density at radius 3 is 2.72 bits per heavy atom. The summed E-state index contributed by atoms with van der Waals surface area (Å²) in [4.78, 5) is 12.6. The van der Waals surface area contributed by atoms with Crippen LogP contribution in [0.1, 0.15) is 22.1 Å². The first-order valence-corrected chi connectivity index (χ1v) is 8.50. The minimum Gasteiger partial charge on any atom is -0.495 e. The van der Waals surface area contributed by atoms with Crippen molar-refractivity contribution in [2.45, 2.75) is 6.17 Å². The molecule has 1 unspecified atom stereocenters. The molecular formula is C18H15BrN4O2. The number of hydrogen-bond acceptors (Lipinski definition) is 4. The maximum absolute atomic E-state index is 12.6. The minimum atomic E-state index is -0.413. The lowest BCUT2D eigenvalue weighted by Crippen LogP contribution is -2.38. The van der Waals surface area contributed by atoms with Crippen molar-refractivity contribution in [3.05, 3.63) is 64.3 Å². The lowest BCUT2D eigenvalue weighted by Gasteiger charge is -2.29. The summed E-state index contributed by atoms with van der Waals surface area (Å²) in [5, 5.41) is 13.5. The Morgan fingerprint density at radius 1 is 1.16 bits per heavy atom. The third-order valence-electron chi connectivity index (χ3n) is 4.14. The van der Waals surface area contributed by atoms with Crippen LogP contribution < -0.4 is 15.4 Å². The van der Waals surface area contributed by atoms with E-state index in [1.165, 1.54) is 0 Å². The number of amides is 1. The van der Waals surface area contributed by atoms with E-state index in [1.54, 1.807) is 19.4 Å². The van der Waals surface area contributed by atoms with Crippen LogP contribution in [-0.2, 0) is 0 Å². The van der Waals surface area contributed by atoms with Crippen LogP contribution in [0.3, 0.4) is 0 Å². The standard InChI is InChI=1S/C18H15BrN4O2/c1-25-14-8-11(19)7-12-16(14)21-17(22-18(12)24)13-9-20-23-15(13)10-5-3-2-4-6-10/h2-9,17,21H,1H3,(H,20,23)(H,22,24). The highest BCUT2D eigenvalue weighted by atomic mass is 79.9. The molecule has 4 rings (SSSR count). The van der Waals surface area contributed by atoms with Gasteiger partial charge in [-0.2, -0.15) is 5.10 Å². The number of rotatable bonds is 3. The summed E-state index contributed by atoms with van der Waals surface area (Å²) >= 11 is 3.40. The van der Waals surface area contributed by atoms with E-state index in [4.69, 9.17) is 4.74 Å². The Hall–Kier alpha value is -2.80. The van der Waals surface area contributed by atoms with Crippen molar-refractivity contribution in [1.29, 1.82) is 0 Å². The first-order chi connectivity index (χ1) is 12.2. The van der Waals surface area contributed by atoms with Crippen molar-refractivity contribution >= 4 is 27.5 Å². The zero-order valence-electron chi connectivity index (χ0n) is 13.3. The molecule has 126 valence electrons. The van der Waals surface area contributed by atoms with Crippen molar-refractivity contribution in [2.75, 3.05) is 12.4 Å². The predicted octanol–water partition coefficient (Wildman–Crippen LogP) is 3.70. The van der Waals surface area contributed by atoms with Crippen molar-refractivity contribution in [1.82, 2.24) is 15.5 Å². The smallest absolute Gasteiger partial charge is 0.255 e. The number of H-pyrrole nitrogens is 1. The van der Waals surface area contributed by atoms with Crippen molar-refractivity contribution in [3.63, 3.8) is 0 Å². The molecule has 0 saturated carbocycles. The Kier molecular flexibility index (Phi) is 3.93. The topological polar surface area (TPSA) is 79.0 Å². The molecule has 7 heteroatoms. The molecule has 1 aliphatic rings. The van der Waals surface area contributed by atoms with Gasteiger partial charge in [-0.3, -0.25) is 9.89 Å². The lowest BCUT2D eigenvalue weighted by molar-refractivity contribution is 0.0935. The van der Waals surface area contributed by atoms with E-state index in [0.29, 0.717) is 17.0 Å². The third kappa shape index (κ3) is 2.76. The Morgan fingerprint density at radius 2 is 1.96 bits per heavy atom. The van der Waals surface area contributed by atoms with Gasteiger partial charge in [0.2, 0.25) is 0 Å². The molecule has 0 spiro atoms. The van der Waals surface area contributed by atoms with Crippen LogP contribution in [0, 0.1) is 0 Å². The van der Waals surface area contributed by atoms with Gasteiger partial charge in [0.25, 0.3) is 5.91 Å². The summed E-state index contributed by atoms with van der Waals surface area (Å²) in [5.41, 5.74) is 3.92. The van der Waals surface area contributed by atoms with Crippen LogP contribution in [0.4, 0.5) is 5.69 Å². The predicted molar refractivity (Wildman–Crippen MR) is 98.5 cm³/mol. The Labute approximate surface area is 152 Å². The van der Waals surface area contributed by atoms with E-state index in [0.717, 1.165) is 21.3 Å². The summed E-state index contributed by atoms with van der Waals surface area (Å²) < 4.78 is 6.21. The second kappa shape index (κ2) is 6.25. The highest BCUT2D eigenvalue weighted by molar-refractivity contribution is 9.10. The van der Waals surface area contributed by atoms with Gasteiger partial charge in [-0.25, -0.2) is 0 Å². The number of ether oxygens (including phenoxy) is 1. The summed E-state index contributed by atoms with van der Waals surface area (Å²) in [6, 6.07) is 13.5. The molecule has 1 amide bonds. The highest BCUT2D eigenvalue weighted by Crippen LogP contribution is 2.38. The van der Waals surface area contributed by atoms with Crippen LogP contribution in [0.5, 0.6) is 5.75 Å². The number of fused-ring (bicyclic) bond motifs is 1. The number of carbonyl (C=O) groups is 1. The van der Waals surface area contributed by atoms with Gasteiger partial charge in [-0.15, -0.1) is 0 Å². The van der Waals surface area contributed by atoms with Gasteiger partial charge in [0, 0.05) is 10.0 Å². The number of nitrogens with one attached hydrogen (secondary N) is 3. The molecule has 2 heterocycles.